The fourth-order valence-electron chi connectivity index (χ4n) is 7.56. The maximum absolute atomic E-state index is 12.5. The van der Waals surface area contributed by atoms with Crippen molar-refractivity contribution in [3.05, 3.63) is 162 Å². The standard InChI is InChI=1S/C46H31N5O2/c1-50-37-25-23-32(27-38(37)51(2)46(50)52)28-19-21-31(22-20-28)44-47-43(30-12-4-3-5-13-30)48-45(49-44)36-16-9-8-15-34(36)35-17-10-18-39-42(35)41-33-14-7-6-11-29(33)24-26-40(41)53-39/h3-27H,1-2H3. The molecule has 0 fully saturated rings. The summed E-state index contributed by atoms with van der Waals surface area (Å²) in [6.45, 7) is 0. The van der Waals surface area contributed by atoms with Gasteiger partial charge in [0, 0.05) is 41.6 Å². The van der Waals surface area contributed by atoms with Gasteiger partial charge in [-0.2, -0.15) is 0 Å². The van der Waals surface area contributed by atoms with E-state index in [2.05, 4.69) is 84.9 Å². The van der Waals surface area contributed by atoms with Crippen LogP contribution in [0.2, 0.25) is 0 Å². The highest BCUT2D eigenvalue weighted by Gasteiger charge is 2.20. The van der Waals surface area contributed by atoms with Crippen LogP contribution in [-0.2, 0) is 14.1 Å². The van der Waals surface area contributed by atoms with Crippen molar-refractivity contribution in [1.82, 2.24) is 24.1 Å². The monoisotopic (exact) mass is 685 g/mol. The highest BCUT2D eigenvalue weighted by molar-refractivity contribution is 6.23. The van der Waals surface area contributed by atoms with Crippen LogP contribution in [0.4, 0.5) is 0 Å². The Morgan fingerprint density at radius 2 is 1.06 bits per heavy atom. The van der Waals surface area contributed by atoms with Gasteiger partial charge in [-0.05, 0) is 57.3 Å². The van der Waals surface area contributed by atoms with Crippen LogP contribution in [0.1, 0.15) is 0 Å². The number of aromatic nitrogens is 5. The third-order valence-electron chi connectivity index (χ3n) is 10.3. The first-order valence-corrected chi connectivity index (χ1v) is 17.5. The molecular weight excluding hydrogens is 655 g/mol. The summed E-state index contributed by atoms with van der Waals surface area (Å²) in [5.74, 6) is 1.76. The van der Waals surface area contributed by atoms with Gasteiger partial charge in [-0.15, -0.1) is 0 Å². The van der Waals surface area contributed by atoms with Crippen molar-refractivity contribution in [1.29, 1.82) is 0 Å². The number of rotatable bonds is 5. The average Bonchev–Trinajstić information content (AvgIpc) is 3.72. The molecule has 3 heterocycles. The van der Waals surface area contributed by atoms with Gasteiger partial charge >= 0.3 is 5.69 Å². The molecule has 252 valence electrons. The van der Waals surface area contributed by atoms with Crippen molar-refractivity contribution in [2.75, 3.05) is 0 Å². The highest BCUT2D eigenvalue weighted by Crippen LogP contribution is 2.42. The number of hydrogen-bond donors (Lipinski definition) is 0. The third kappa shape index (κ3) is 4.97. The van der Waals surface area contributed by atoms with Gasteiger partial charge in [-0.3, -0.25) is 9.13 Å². The van der Waals surface area contributed by atoms with Crippen molar-refractivity contribution in [2.45, 2.75) is 0 Å². The molecule has 0 bridgehead atoms. The lowest BCUT2D eigenvalue weighted by molar-refractivity contribution is 0.669. The Kier molecular flexibility index (Phi) is 6.94. The fourth-order valence-corrected chi connectivity index (χ4v) is 7.56. The van der Waals surface area contributed by atoms with Crippen LogP contribution in [0, 0.1) is 0 Å². The van der Waals surface area contributed by atoms with E-state index in [1.807, 2.05) is 66.7 Å². The number of imidazole rings is 1. The second-order valence-electron chi connectivity index (χ2n) is 13.3. The first-order chi connectivity index (χ1) is 26.0. The van der Waals surface area contributed by atoms with Crippen LogP contribution in [0.5, 0.6) is 0 Å². The third-order valence-corrected chi connectivity index (χ3v) is 10.3. The van der Waals surface area contributed by atoms with Gasteiger partial charge < -0.3 is 4.42 Å². The molecule has 0 atom stereocenters. The van der Waals surface area contributed by atoms with E-state index >= 15 is 0 Å². The average molecular weight is 686 g/mol. The van der Waals surface area contributed by atoms with Gasteiger partial charge in [0.25, 0.3) is 0 Å². The number of fused-ring (bicyclic) bond motifs is 6. The lowest BCUT2D eigenvalue weighted by Gasteiger charge is -2.13. The molecule has 7 aromatic carbocycles. The molecule has 7 nitrogen and oxygen atoms in total. The van der Waals surface area contributed by atoms with Crippen molar-refractivity contribution < 1.29 is 4.42 Å². The van der Waals surface area contributed by atoms with E-state index in [0.717, 1.165) is 82.7 Å². The van der Waals surface area contributed by atoms with E-state index in [0.29, 0.717) is 17.5 Å². The maximum Gasteiger partial charge on any atom is 0.328 e. The SMILES string of the molecule is Cn1c(=O)n(C)c2cc(-c3ccc(-c4nc(-c5ccccc5)nc(-c5ccccc5-c5cccc6oc7ccc8ccccc8c7c56)n4)cc3)ccc21. The first kappa shape index (κ1) is 30.7. The van der Waals surface area contributed by atoms with E-state index in [9.17, 15) is 4.79 Å². The zero-order chi connectivity index (χ0) is 35.6. The van der Waals surface area contributed by atoms with Gasteiger partial charge in [0.15, 0.2) is 17.5 Å². The van der Waals surface area contributed by atoms with Crippen LogP contribution in [0.3, 0.4) is 0 Å². The summed E-state index contributed by atoms with van der Waals surface area (Å²) >= 11 is 0. The minimum atomic E-state index is -0.0442. The molecule has 3 aromatic heterocycles. The van der Waals surface area contributed by atoms with E-state index in [-0.39, 0.29) is 5.69 Å². The molecule has 0 amide bonds. The molecule has 0 unspecified atom stereocenters. The van der Waals surface area contributed by atoms with Crippen molar-refractivity contribution >= 4 is 43.7 Å². The number of aryl methyl sites for hydroxylation is 2. The molecule has 0 saturated heterocycles. The molecule has 10 aromatic rings. The van der Waals surface area contributed by atoms with Crippen LogP contribution in [0.15, 0.2) is 161 Å². The van der Waals surface area contributed by atoms with Crippen LogP contribution < -0.4 is 5.69 Å². The Morgan fingerprint density at radius 1 is 0.453 bits per heavy atom. The molecule has 53 heavy (non-hydrogen) atoms. The fraction of sp³-hybridized carbons (Fsp3) is 0.0435. The zero-order valence-electron chi connectivity index (χ0n) is 29.0. The largest absolute Gasteiger partial charge is 0.456 e. The molecule has 0 radical (unpaired) electrons. The van der Waals surface area contributed by atoms with E-state index in [1.54, 1.807) is 23.2 Å². The van der Waals surface area contributed by atoms with Gasteiger partial charge in [0.2, 0.25) is 0 Å². The predicted molar refractivity (Wildman–Crippen MR) is 214 cm³/mol. The Labute approximate surface area is 304 Å². The molecule has 0 aliphatic heterocycles. The molecule has 0 N–H and O–H groups in total. The molecule has 0 aliphatic carbocycles. The van der Waals surface area contributed by atoms with Gasteiger partial charge in [-0.1, -0.05) is 127 Å². The lowest BCUT2D eigenvalue weighted by atomic mass is 9.93. The molecule has 0 spiro atoms. The number of nitrogens with zero attached hydrogens (tertiary/aromatic N) is 5. The molecular formula is C46H31N5O2. The summed E-state index contributed by atoms with van der Waals surface area (Å²) in [7, 11) is 3.60. The minimum Gasteiger partial charge on any atom is -0.456 e. The van der Waals surface area contributed by atoms with E-state index < -0.39 is 0 Å². The summed E-state index contributed by atoms with van der Waals surface area (Å²) in [4.78, 5) is 27.8. The van der Waals surface area contributed by atoms with Crippen molar-refractivity contribution in [3.8, 4) is 56.4 Å². The topological polar surface area (TPSA) is 78.7 Å². The van der Waals surface area contributed by atoms with Crippen LogP contribution in [-0.4, -0.2) is 24.1 Å². The number of hydrogen-bond acceptors (Lipinski definition) is 5. The Bertz CT molecular complexity index is 3100. The second-order valence-corrected chi connectivity index (χ2v) is 13.3. The Morgan fingerprint density at radius 3 is 1.87 bits per heavy atom. The van der Waals surface area contributed by atoms with Gasteiger partial charge in [-0.25, -0.2) is 19.7 Å². The van der Waals surface area contributed by atoms with E-state index in [1.165, 1.54) is 0 Å². The summed E-state index contributed by atoms with van der Waals surface area (Å²) in [6.07, 6.45) is 0. The van der Waals surface area contributed by atoms with E-state index in [4.69, 9.17) is 19.4 Å². The zero-order valence-corrected chi connectivity index (χ0v) is 29.0. The number of benzene rings is 7. The normalized spacial score (nSPS) is 11.7. The summed E-state index contributed by atoms with van der Waals surface area (Å²) < 4.78 is 9.79. The van der Waals surface area contributed by atoms with Crippen molar-refractivity contribution in [3.63, 3.8) is 0 Å². The minimum absolute atomic E-state index is 0.0442. The maximum atomic E-state index is 12.5. The molecule has 10 rings (SSSR count). The van der Waals surface area contributed by atoms with Gasteiger partial charge in [0.1, 0.15) is 11.2 Å². The van der Waals surface area contributed by atoms with Crippen LogP contribution >= 0.6 is 0 Å². The summed E-state index contributed by atoms with van der Waals surface area (Å²) in [6, 6.07) is 51.5. The quantitative estimate of drug-likeness (QED) is 0.180. The van der Waals surface area contributed by atoms with Gasteiger partial charge in [0.05, 0.1) is 11.0 Å². The molecule has 7 heteroatoms. The Balaban J connectivity index is 1.13. The molecule has 0 saturated carbocycles. The van der Waals surface area contributed by atoms with Crippen LogP contribution in [0.25, 0.3) is 100 Å². The second kappa shape index (κ2) is 12.0. The lowest BCUT2D eigenvalue weighted by Crippen LogP contribution is -2.19. The smallest absolute Gasteiger partial charge is 0.328 e. The number of furan rings is 1. The molecule has 0 aliphatic rings. The first-order valence-electron chi connectivity index (χ1n) is 17.5. The summed E-state index contributed by atoms with van der Waals surface area (Å²) in [5.41, 5.74) is 10.2. The summed E-state index contributed by atoms with van der Waals surface area (Å²) in [5, 5.41) is 4.48. The highest BCUT2D eigenvalue weighted by atomic mass is 16.3. The van der Waals surface area contributed by atoms with Crippen molar-refractivity contribution in [2.24, 2.45) is 14.1 Å². The predicted octanol–water partition coefficient (Wildman–Crippen LogP) is 10.4. The Hall–Kier alpha value is -7.12.